The first kappa shape index (κ1) is 12.6. The molecule has 0 aliphatic heterocycles. The lowest BCUT2D eigenvalue weighted by atomic mass is 10.3. The number of nitrogens with zero attached hydrogens (tertiary/aromatic N) is 2. The third kappa shape index (κ3) is 2.77. The van der Waals surface area contributed by atoms with Crippen LogP contribution in [0.1, 0.15) is 0 Å². The van der Waals surface area contributed by atoms with Crippen molar-refractivity contribution in [2.24, 2.45) is 0 Å². The molecule has 0 radical (unpaired) electrons. The Balaban J connectivity index is 3.03. The van der Waals surface area contributed by atoms with E-state index in [1.165, 1.54) is 4.90 Å². The molecule has 0 saturated heterocycles. The van der Waals surface area contributed by atoms with Gasteiger partial charge in [0.2, 0.25) is 0 Å². The van der Waals surface area contributed by atoms with Crippen LogP contribution in [-0.2, 0) is 0 Å². The topological polar surface area (TPSA) is 82.6 Å². The van der Waals surface area contributed by atoms with Crippen molar-refractivity contribution in [1.29, 1.82) is 0 Å². The molecule has 90 valence electrons. The van der Waals surface area contributed by atoms with Gasteiger partial charge in [0.1, 0.15) is 0 Å². The minimum absolute atomic E-state index is 0.0789. The molecule has 0 saturated carbocycles. The predicted octanol–water partition coefficient (Wildman–Crippen LogP) is -0.267. The van der Waals surface area contributed by atoms with Gasteiger partial charge in [-0.3, -0.25) is 0 Å². The highest BCUT2D eigenvalue weighted by Gasteiger charge is 2.15. The molecule has 1 aromatic heterocycles. The largest absolute Gasteiger partial charge is 0.395 e. The number of hydrogen-bond donors (Lipinski definition) is 3. The number of anilines is 2. The van der Waals surface area contributed by atoms with E-state index < -0.39 is 17.5 Å². The summed E-state index contributed by atoms with van der Waals surface area (Å²) in [6.45, 7) is -0.318. The van der Waals surface area contributed by atoms with E-state index in [2.05, 4.69) is 4.98 Å². The Labute approximate surface area is 91.1 Å². The summed E-state index contributed by atoms with van der Waals surface area (Å²) in [4.78, 5) is 4.82. The predicted molar refractivity (Wildman–Crippen MR) is 55.0 cm³/mol. The second-order valence-electron chi connectivity index (χ2n) is 3.10. The summed E-state index contributed by atoms with van der Waals surface area (Å²) in [6.07, 6.45) is 0. The molecule has 7 heteroatoms. The van der Waals surface area contributed by atoms with Crippen LogP contribution in [0.15, 0.2) is 6.07 Å². The molecule has 0 unspecified atom stereocenters. The maximum absolute atomic E-state index is 13.4. The molecule has 5 nitrogen and oxygen atoms in total. The van der Waals surface area contributed by atoms with Crippen LogP contribution >= 0.6 is 0 Å². The van der Waals surface area contributed by atoms with Gasteiger partial charge in [-0.2, -0.15) is 0 Å². The zero-order chi connectivity index (χ0) is 12.1. The molecule has 4 N–H and O–H groups in total. The van der Waals surface area contributed by atoms with Crippen LogP contribution in [0.5, 0.6) is 0 Å². The van der Waals surface area contributed by atoms with E-state index in [1.807, 2.05) is 0 Å². The molecular weight excluding hydrogens is 220 g/mol. The van der Waals surface area contributed by atoms with Gasteiger partial charge in [-0.1, -0.05) is 0 Å². The molecular formula is C9H13F2N3O2. The van der Waals surface area contributed by atoms with Gasteiger partial charge >= 0.3 is 0 Å². The molecule has 0 amide bonds. The number of hydrogen-bond acceptors (Lipinski definition) is 5. The van der Waals surface area contributed by atoms with Gasteiger partial charge in [0, 0.05) is 19.2 Å². The van der Waals surface area contributed by atoms with Crippen LogP contribution in [0.4, 0.5) is 20.4 Å². The van der Waals surface area contributed by atoms with Crippen LogP contribution in [0.3, 0.4) is 0 Å². The second-order valence-corrected chi connectivity index (χ2v) is 3.10. The van der Waals surface area contributed by atoms with Crippen LogP contribution in [0.25, 0.3) is 0 Å². The summed E-state index contributed by atoms with van der Waals surface area (Å²) in [5.74, 6) is -2.41. The van der Waals surface area contributed by atoms with E-state index in [-0.39, 0.29) is 32.1 Å². The Bertz CT molecular complexity index is 357. The monoisotopic (exact) mass is 233 g/mol. The molecule has 0 aromatic carbocycles. The third-order valence-corrected chi connectivity index (χ3v) is 1.98. The number of aromatic nitrogens is 1. The minimum atomic E-state index is -0.936. The fraction of sp³-hybridized carbons (Fsp3) is 0.444. The van der Waals surface area contributed by atoms with Crippen molar-refractivity contribution in [2.75, 3.05) is 36.9 Å². The second kappa shape index (κ2) is 5.57. The zero-order valence-electron chi connectivity index (χ0n) is 8.53. The Morgan fingerprint density at radius 3 is 2.25 bits per heavy atom. The lowest BCUT2D eigenvalue weighted by Gasteiger charge is -2.22. The normalized spacial score (nSPS) is 10.5. The van der Waals surface area contributed by atoms with Crippen molar-refractivity contribution in [1.82, 2.24) is 4.98 Å². The quantitative estimate of drug-likeness (QED) is 0.652. The van der Waals surface area contributed by atoms with Crippen LogP contribution < -0.4 is 10.6 Å². The summed E-state index contributed by atoms with van der Waals surface area (Å²) in [6, 6.07) is 0.624. The Kier molecular flexibility index (Phi) is 4.39. The minimum Gasteiger partial charge on any atom is -0.395 e. The SMILES string of the molecule is Nc1nc(N(CCO)CCO)c(F)cc1F. The summed E-state index contributed by atoms with van der Waals surface area (Å²) in [7, 11) is 0. The number of rotatable bonds is 5. The van der Waals surface area contributed by atoms with Crippen molar-refractivity contribution >= 4 is 11.6 Å². The third-order valence-electron chi connectivity index (χ3n) is 1.98. The van der Waals surface area contributed by atoms with Gasteiger partial charge < -0.3 is 20.8 Å². The Morgan fingerprint density at radius 2 is 1.75 bits per heavy atom. The van der Waals surface area contributed by atoms with Gasteiger partial charge in [0.05, 0.1) is 13.2 Å². The zero-order valence-corrected chi connectivity index (χ0v) is 8.53. The molecule has 16 heavy (non-hydrogen) atoms. The highest BCUT2D eigenvalue weighted by atomic mass is 19.1. The molecule has 0 spiro atoms. The van der Waals surface area contributed by atoms with Gasteiger partial charge in [-0.05, 0) is 0 Å². The highest BCUT2D eigenvalue weighted by Crippen LogP contribution is 2.20. The average Bonchev–Trinajstić information content (AvgIpc) is 2.23. The van der Waals surface area contributed by atoms with E-state index in [9.17, 15) is 8.78 Å². The summed E-state index contributed by atoms with van der Waals surface area (Å²) >= 11 is 0. The number of halogens is 2. The lowest BCUT2D eigenvalue weighted by molar-refractivity contribution is 0.280. The first-order valence-corrected chi connectivity index (χ1v) is 4.68. The van der Waals surface area contributed by atoms with Gasteiger partial charge in [-0.25, -0.2) is 13.8 Å². The molecule has 1 rings (SSSR count). The van der Waals surface area contributed by atoms with E-state index in [0.29, 0.717) is 6.07 Å². The van der Waals surface area contributed by atoms with Crippen LogP contribution in [0.2, 0.25) is 0 Å². The molecule has 0 bridgehead atoms. The molecule has 1 aromatic rings. The summed E-state index contributed by atoms with van der Waals surface area (Å²) < 4.78 is 26.2. The number of aliphatic hydroxyl groups is 2. The maximum Gasteiger partial charge on any atom is 0.168 e. The first-order valence-electron chi connectivity index (χ1n) is 4.68. The van der Waals surface area contributed by atoms with E-state index in [4.69, 9.17) is 15.9 Å². The van der Waals surface area contributed by atoms with Crippen molar-refractivity contribution in [3.8, 4) is 0 Å². The number of nitrogen functional groups attached to an aromatic ring is 1. The number of nitrogens with two attached hydrogens (primary N) is 1. The maximum atomic E-state index is 13.4. The van der Waals surface area contributed by atoms with Gasteiger partial charge in [0.15, 0.2) is 23.3 Å². The van der Waals surface area contributed by atoms with Crippen molar-refractivity contribution < 1.29 is 19.0 Å². The average molecular weight is 233 g/mol. The van der Waals surface area contributed by atoms with Crippen molar-refractivity contribution in [3.05, 3.63) is 17.7 Å². The summed E-state index contributed by atoms with van der Waals surface area (Å²) in [5.41, 5.74) is 5.22. The van der Waals surface area contributed by atoms with E-state index >= 15 is 0 Å². The first-order chi connectivity index (χ1) is 7.60. The highest BCUT2D eigenvalue weighted by molar-refractivity contribution is 5.47. The van der Waals surface area contributed by atoms with E-state index in [1.54, 1.807) is 0 Å². The van der Waals surface area contributed by atoms with Crippen LogP contribution in [0, 0.1) is 11.6 Å². The molecule has 1 heterocycles. The van der Waals surface area contributed by atoms with Crippen molar-refractivity contribution in [2.45, 2.75) is 0 Å². The van der Waals surface area contributed by atoms with Crippen LogP contribution in [-0.4, -0.2) is 41.5 Å². The molecule has 0 fully saturated rings. The molecule has 0 aliphatic carbocycles. The molecule has 0 aliphatic rings. The smallest absolute Gasteiger partial charge is 0.168 e. The summed E-state index contributed by atoms with van der Waals surface area (Å²) in [5, 5.41) is 17.5. The number of pyridine rings is 1. The van der Waals surface area contributed by atoms with Gasteiger partial charge in [0.25, 0.3) is 0 Å². The fourth-order valence-corrected chi connectivity index (χ4v) is 1.26. The van der Waals surface area contributed by atoms with E-state index in [0.717, 1.165) is 0 Å². The van der Waals surface area contributed by atoms with Crippen molar-refractivity contribution in [3.63, 3.8) is 0 Å². The Morgan fingerprint density at radius 1 is 1.19 bits per heavy atom. The standard InChI is InChI=1S/C9H13F2N3O2/c10-6-5-7(11)9(13-8(6)12)14(1-3-15)2-4-16/h5,15-16H,1-4H2,(H2,12,13). The van der Waals surface area contributed by atoms with Gasteiger partial charge in [-0.15, -0.1) is 0 Å². The Hall–Kier alpha value is -1.47. The molecule has 0 atom stereocenters. The lowest BCUT2D eigenvalue weighted by Crippen LogP contribution is -2.31. The fourth-order valence-electron chi connectivity index (χ4n) is 1.26. The number of aliphatic hydroxyl groups excluding tert-OH is 2.